The molecule has 1 unspecified atom stereocenters. The Morgan fingerprint density at radius 2 is 1.92 bits per heavy atom. The van der Waals surface area contributed by atoms with Gasteiger partial charge in [-0.1, -0.05) is 13.8 Å². The Bertz CT molecular complexity index is 652. The van der Waals surface area contributed by atoms with Crippen LogP contribution in [0.1, 0.15) is 63.2 Å². The molecule has 1 aliphatic carbocycles. The predicted octanol–water partition coefficient (Wildman–Crippen LogP) is 3.64. The molecule has 1 aromatic carbocycles. The molecule has 1 fully saturated rings. The number of hydrogen-bond acceptors (Lipinski definition) is 4. The maximum atomic E-state index is 12.7. The van der Waals surface area contributed by atoms with Crippen LogP contribution in [-0.4, -0.2) is 35.7 Å². The minimum atomic E-state index is -0.945. The molecule has 0 saturated heterocycles. The molecule has 144 valence electrons. The van der Waals surface area contributed by atoms with E-state index in [1.807, 2.05) is 13.8 Å². The number of ether oxygens (including phenoxy) is 2. The number of amides is 1. The Balaban J connectivity index is 2.16. The lowest BCUT2D eigenvalue weighted by molar-refractivity contribution is -0.138. The summed E-state index contributed by atoms with van der Waals surface area (Å²) in [5, 5.41) is 12.0. The zero-order valence-corrected chi connectivity index (χ0v) is 16.0. The average Bonchev–Trinajstić information content (AvgIpc) is 3.07. The highest BCUT2D eigenvalue weighted by molar-refractivity contribution is 5.95. The number of methoxy groups -OCH3 is 1. The van der Waals surface area contributed by atoms with Crippen LogP contribution in [0, 0.1) is 5.92 Å². The van der Waals surface area contributed by atoms with E-state index in [2.05, 4.69) is 5.32 Å². The maximum absolute atomic E-state index is 12.7. The van der Waals surface area contributed by atoms with Crippen LogP contribution in [0.2, 0.25) is 0 Å². The van der Waals surface area contributed by atoms with Crippen molar-refractivity contribution in [2.45, 2.75) is 64.5 Å². The maximum Gasteiger partial charge on any atom is 0.305 e. The van der Waals surface area contributed by atoms with Crippen molar-refractivity contribution in [3.63, 3.8) is 0 Å². The number of carbonyl (C=O) groups is 2. The molecule has 1 aromatic rings. The fourth-order valence-corrected chi connectivity index (χ4v) is 3.13. The van der Waals surface area contributed by atoms with Crippen LogP contribution < -0.4 is 14.8 Å². The third-order valence-electron chi connectivity index (χ3n) is 5.21. The summed E-state index contributed by atoms with van der Waals surface area (Å²) in [6.07, 6.45) is 4.47. The van der Waals surface area contributed by atoms with Crippen LogP contribution >= 0.6 is 0 Å². The van der Waals surface area contributed by atoms with Crippen molar-refractivity contribution in [3.05, 3.63) is 23.8 Å². The standard InChI is InChI=1S/C20H29NO5/c1-13(2)20(3,12-18(22)23)21-19(24)14-9-10-16(17(11-14)25-4)26-15-7-5-6-8-15/h9-11,13,15H,5-8,12H2,1-4H3,(H,21,24)(H,22,23). The molecule has 0 aliphatic heterocycles. The normalized spacial score (nSPS) is 17.0. The highest BCUT2D eigenvalue weighted by Crippen LogP contribution is 2.32. The summed E-state index contributed by atoms with van der Waals surface area (Å²) in [5.41, 5.74) is -0.423. The van der Waals surface area contributed by atoms with E-state index in [0.29, 0.717) is 17.1 Å². The van der Waals surface area contributed by atoms with E-state index in [1.54, 1.807) is 32.2 Å². The predicted molar refractivity (Wildman–Crippen MR) is 98.8 cm³/mol. The van der Waals surface area contributed by atoms with E-state index in [-0.39, 0.29) is 24.3 Å². The van der Waals surface area contributed by atoms with Gasteiger partial charge in [0.2, 0.25) is 0 Å². The summed E-state index contributed by atoms with van der Waals surface area (Å²) in [6, 6.07) is 5.07. The van der Waals surface area contributed by atoms with E-state index in [1.165, 1.54) is 12.8 Å². The van der Waals surface area contributed by atoms with Crippen molar-refractivity contribution >= 4 is 11.9 Å². The highest BCUT2D eigenvalue weighted by Gasteiger charge is 2.33. The molecule has 1 aliphatic rings. The van der Waals surface area contributed by atoms with Gasteiger partial charge in [-0.3, -0.25) is 9.59 Å². The first kappa shape index (κ1) is 20.1. The molecule has 6 nitrogen and oxygen atoms in total. The van der Waals surface area contributed by atoms with Crippen LogP contribution in [0.4, 0.5) is 0 Å². The van der Waals surface area contributed by atoms with Crippen molar-refractivity contribution in [2.24, 2.45) is 5.92 Å². The fourth-order valence-electron chi connectivity index (χ4n) is 3.13. The Morgan fingerprint density at radius 3 is 2.46 bits per heavy atom. The highest BCUT2D eigenvalue weighted by atomic mass is 16.5. The summed E-state index contributed by atoms with van der Waals surface area (Å²) in [7, 11) is 1.54. The number of rotatable bonds is 8. The topological polar surface area (TPSA) is 84.9 Å². The molecule has 0 bridgehead atoms. The van der Waals surface area contributed by atoms with Gasteiger partial charge in [-0.2, -0.15) is 0 Å². The largest absolute Gasteiger partial charge is 0.493 e. The first-order valence-corrected chi connectivity index (χ1v) is 9.14. The van der Waals surface area contributed by atoms with Crippen LogP contribution in [0.5, 0.6) is 11.5 Å². The zero-order chi connectivity index (χ0) is 19.3. The fraction of sp³-hybridized carbons (Fsp3) is 0.600. The van der Waals surface area contributed by atoms with Gasteiger partial charge in [0.25, 0.3) is 5.91 Å². The number of carbonyl (C=O) groups excluding carboxylic acids is 1. The van der Waals surface area contributed by atoms with Gasteiger partial charge < -0.3 is 19.9 Å². The molecule has 0 heterocycles. The van der Waals surface area contributed by atoms with Crippen LogP contribution in [-0.2, 0) is 4.79 Å². The van der Waals surface area contributed by atoms with E-state index in [9.17, 15) is 9.59 Å². The quantitative estimate of drug-likeness (QED) is 0.737. The Hall–Kier alpha value is -2.24. The average molecular weight is 363 g/mol. The van der Waals surface area contributed by atoms with Crippen molar-refractivity contribution < 1.29 is 24.2 Å². The van der Waals surface area contributed by atoms with E-state index >= 15 is 0 Å². The molecule has 6 heteroatoms. The molecule has 0 radical (unpaired) electrons. The first-order valence-electron chi connectivity index (χ1n) is 9.14. The molecule has 2 rings (SSSR count). The van der Waals surface area contributed by atoms with Gasteiger partial charge in [0, 0.05) is 5.56 Å². The van der Waals surface area contributed by atoms with Crippen molar-refractivity contribution in [1.82, 2.24) is 5.32 Å². The van der Waals surface area contributed by atoms with E-state index < -0.39 is 11.5 Å². The minimum absolute atomic E-state index is 0.0329. The molecule has 1 amide bonds. The second-order valence-corrected chi connectivity index (χ2v) is 7.49. The van der Waals surface area contributed by atoms with Gasteiger partial charge in [0.05, 0.1) is 25.2 Å². The summed E-state index contributed by atoms with van der Waals surface area (Å²) < 4.78 is 11.4. The number of aliphatic carboxylic acids is 1. The third kappa shape index (κ3) is 4.90. The summed E-state index contributed by atoms with van der Waals surface area (Å²) in [5.74, 6) is -0.163. The Morgan fingerprint density at radius 1 is 1.27 bits per heavy atom. The van der Waals surface area contributed by atoms with Gasteiger partial charge in [0.1, 0.15) is 0 Å². The molecule has 2 N–H and O–H groups in total. The van der Waals surface area contributed by atoms with Gasteiger partial charge >= 0.3 is 5.97 Å². The lowest BCUT2D eigenvalue weighted by atomic mass is 9.85. The Kier molecular flexibility index (Phi) is 6.51. The molecule has 26 heavy (non-hydrogen) atoms. The van der Waals surface area contributed by atoms with E-state index in [0.717, 1.165) is 12.8 Å². The monoisotopic (exact) mass is 363 g/mol. The van der Waals surface area contributed by atoms with Crippen LogP contribution in [0.15, 0.2) is 18.2 Å². The van der Waals surface area contributed by atoms with Gasteiger partial charge in [-0.25, -0.2) is 0 Å². The number of benzene rings is 1. The SMILES string of the molecule is COc1cc(C(=O)NC(C)(CC(=O)O)C(C)C)ccc1OC1CCCC1. The Labute approximate surface area is 154 Å². The van der Waals surface area contributed by atoms with Crippen molar-refractivity contribution in [1.29, 1.82) is 0 Å². The zero-order valence-electron chi connectivity index (χ0n) is 16.0. The summed E-state index contributed by atoms with van der Waals surface area (Å²) in [6.45, 7) is 5.53. The van der Waals surface area contributed by atoms with Crippen LogP contribution in [0.3, 0.4) is 0 Å². The molecule has 0 spiro atoms. The lowest BCUT2D eigenvalue weighted by Gasteiger charge is -2.33. The van der Waals surface area contributed by atoms with Gasteiger partial charge in [-0.15, -0.1) is 0 Å². The van der Waals surface area contributed by atoms with Crippen molar-refractivity contribution in [3.8, 4) is 11.5 Å². The smallest absolute Gasteiger partial charge is 0.305 e. The number of hydrogen-bond donors (Lipinski definition) is 2. The first-order chi connectivity index (χ1) is 12.2. The molecule has 0 aromatic heterocycles. The van der Waals surface area contributed by atoms with Gasteiger partial charge in [0.15, 0.2) is 11.5 Å². The van der Waals surface area contributed by atoms with Crippen LogP contribution in [0.25, 0.3) is 0 Å². The third-order valence-corrected chi connectivity index (χ3v) is 5.21. The number of nitrogens with one attached hydrogen (secondary N) is 1. The number of carboxylic acid groups (broad SMARTS) is 1. The molecular weight excluding hydrogens is 334 g/mol. The van der Waals surface area contributed by atoms with Crippen molar-refractivity contribution in [2.75, 3.05) is 7.11 Å². The second-order valence-electron chi connectivity index (χ2n) is 7.49. The lowest BCUT2D eigenvalue weighted by Crippen LogP contribution is -2.51. The summed E-state index contributed by atoms with van der Waals surface area (Å²) in [4.78, 5) is 23.8. The number of carboxylic acids is 1. The van der Waals surface area contributed by atoms with Gasteiger partial charge in [-0.05, 0) is 56.7 Å². The summed E-state index contributed by atoms with van der Waals surface area (Å²) >= 11 is 0. The molecular formula is C20H29NO5. The second kappa shape index (κ2) is 8.43. The molecule has 1 saturated carbocycles. The molecule has 1 atom stereocenters. The minimum Gasteiger partial charge on any atom is -0.493 e. The van der Waals surface area contributed by atoms with E-state index in [4.69, 9.17) is 14.6 Å².